The Morgan fingerprint density at radius 1 is 1.60 bits per heavy atom. The number of carbonyl (C=O) groups excluding carboxylic acids is 1. The number of hydrogen-bond acceptors (Lipinski definition) is 2. The van der Waals surface area contributed by atoms with Gasteiger partial charge in [0.25, 0.3) is 0 Å². The van der Waals surface area contributed by atoms with Crippen molar-refractivity contribution in [2.45, 2.75) is 40.0 Å². The van der Waals surface area contributed by atoms with Gasteiger partial charge in [0.05, 0.1) is 5.69 Å². The quantitative estimate of drug-likeness (QED) is 0.697. The summed E-state index contributed by atoms with van der Waals surface area (Å²) in [6, 6.07) is 1.86. The summed E-state index contributed by atoms with van der Waals surface area (Å²) in [5.74, 6) is 0.678. The maximum Gasteiger partial charge on any atom is 0.181 e. The smallest absolute Gasteiger partial charge is 0.181 e. The van der Waals surface area contributed by atoms with Crippen molar-refractivity contribution in [3.8, 4) is 0 Å². The average molecular weight is 208 g/mol. The molecular formula is C12H20N2O. The molecule has 0 saturated heterocycles. The predicted molar refractivity (Wildman–Crippen MR) is 61.0 cm³/mol. The molecule has 1 heterocycles. The Morgan fingerprint density at radius 2 is 2.27 bits per heavy atom. The van der Waals surface area contributed by atoms with Crippen molar-refractivity contribution in [3.63, 3.8) is 0 Å². The Kier molecular flexibility index (Phi) is 4.06. The lowest BCUT2D eigenvalue weighted by Crippen LogP contribution is -2.10. The second-order valence-corrected chi connectivity index (χ2v) is 4.32. The van der Waals surface area contributed by atoms with Crippen molar-refractivity contribution >= 4 is 5.78 Å². The first-order chi connectivity index (χ1) is 7.04. The molecule has 0 saturated carbocycles. The van der Waals surface area contributed by atoms with E-state index in [-0.39, 0.29) is 5.78 Å². The number of carbonyl (C=O) groups is 1. The third-order valence-corrected chi connectivity index (χ3v) is 2.60. The fraction of sp³-hybridized carbons (Fsp3) is 0.667. The maximum absolute atomic E-state index is 11.9. The highest BCUT2D eigenvalue weighted by atomic mass is 16.1. The van der Waals surface area contributed by atoms with Crippen LogP contribution in [0.5, 0.6) is 0 Å². The van der Waals surface area contributed by atoms with E-state index in [1.165, 1.54) is 0 Å². The Bertz CT molecular complexity index is 341. The molecule has 0 aliphatic heterocycles. The standard InChI is InChI=1S/C12H20N2O/c1-5-6-9(2)7-12(15)11-8-10(3)13-14(11)4/h8-9H,5-7H2,1-4H3. The van der Waals surface area contributed by atoms with Crippen LogP contribution >= 0.6 is 0 Å². The van der Waals surface area contributed by atoms with Crippen molar-refractivity contribution in [1.82, 2.24) is 9.78 Å². The lowest BCUT2D eigenvalue weighted by atomic mass is 9.98. The second kappa shape index (κ2) is 5.10. The number of rotatable bonds is 5. The van der Waals surface area contributed by atoms with Gasteiger partial charge in [0.2, 0.25) is 0 Å². The third-order valence-electron chi connectivity index (χ3n) is 2.60. The largest absolute Gasteiger partial charge is 0.292 e. The summed E-state index contributed by atoms with van der Waals surface area (Å²) < 4.78 is 1.68. The van der Waals surface area contributed by atoms with Crippen LogP contribution in [0, 0.1) is 12.8 Å². The molecule has 0 aliphatic rings. The van der Waals surface area contributed by atoms with Gasteiger partial charge in [-0.3, -0.25) is 9.48 Å². The van der Waals surface area contributed by atoms with Crippen LogP contribution in [0.4, 0.5) is 0 Å². The molecule has 1 rings (SSSR count). The molecule has 0 amide bonds. The minimum Gasteiger partial charge on any atom is -0.292 e. The summed E-state index contributed by atoms with van der Waals surface area (Å²) >= 11 is 0. The highest BCUT2D eigenvalue weighted by Gasteiger charge is 2.14. The summed E-state index contributed by atoms with van der Waals surface area (Å²) in [7, 11) is 1.82. The van der Waals surface area contributed by atoms with Gasteiger partial charge >= 0.3 is 0 Å². The molecule has 1 atom stereocenters. The first-order valence-corrected chi connectivity index (χ1v) is 5.58. The summed E-state index contributed by atoms with van der Waals surface area (Å²) in [5, 5.41) is 4.18. The Hall–Kier alpha value is -1.12. The van der Waals surface area contributed by atoms with Crippen molar-refractivity contribution in [3.05, 3.63) is 17.5 Å². The summed E-state index contributed by atoms with van der Waals surface area (Å²) in [4.78, 5) is 11.9. The minimum absolute atomic E-state index is 0.207. The summed E-state index contributed by atoms with van der Waals surface area (Å²) in [5.41, 5.74) is 1.64. The molecule has 15 heavy (non-hydrogen) atoms. The van der Waals surface area contributed by atoms with Crippen LogP contribution in [0.15, 0.2) is 6.07 Å². The molecule has 3 nitrogen and oxygen atoms in total. The molecule has 1 unspecified atom stereocenters. The number of aryl methyl sites for hydroxylation is 2. The van der Waals surface area contributed by atoms with Gasteiger partial charge in [-0.25, -0.2) is 0 Å². The average Bonchev–Trinajstić information content (AvgIpc) is 2.45. The molecule has 0 fully saturated rings. The van der Waals surface area contributed by atoms with Gasteiger partial charge in [0.1, 0.15) is 5.69 Å². The molecule has 0 spiro atoms. The number of ketones is 1. The van der Waals surface area contributed by atoms with Gasteiger partial charge in [-0.2, -0.15) is 5.10 Å². The Labute approximate surface area is 91.5 Å². The van der Waals surface area contributed by atoms with Crippen LogP contribution in [0.3, 0.4) is 0 Å². The fourth-order valence-corrected chi connectivity index (χ4v) is 1.89. The van der Waals surface area contributed by atoms with Crippen LogP contribution in [0.2, 0.25) is 0 Å². The lowest BCUT2D eigenvalue weighted by Gasteiger charge is -2.08. The number of aromatic nitrogens is 2. The van der Waals surface area contributed by atoms with E-state index in [1.807, 2.05) is 20.0 Å². The van der Waals surface area contributed by atoms with Gasteiger partial charge in [-0.05, 0) is 18.9 Å². The minimum atomic E-state index is 0.207. The third kappa shape index (κ3) is 3.18. The summed E-state index contributed by atoms with van der Waals surface area (Å²) in [6.07, 6.45) is 2.88. The van der Waals surface area contributed by atoms with E-state index in [4.69, 9.17) is 0 Å². The van der Waals surface area contributed by atoms with Gasteiger partial charge < -0.3 is 0 Å². The summed E-state index contributed by atoms with van der Waals surface area (Å²) in [6.45, 7) is 6.19. The zero-order chi connectivity index (χ0) is 11.4. The molecular weight excluding hydrogens is 188 g/mol. The number of hydrogen-bond donors (Lipinski definition) is 0. The van der Waals surface area contributed by atoms with E-state index in [9.17, 15) is 4.79 Å². The number of Topliss-reactive ketones (excluding diaryl/α,β-unsaturated/α-hetero) is 1. The second-order valence-electron chi connectivity index (χ2n) is 4.32. The van der Waals surface area contributed by atoms with Crippen LogP contribution in [0.25, 0.3) is 0 Å². The van der Waals surface area contributed by atoms with Gasteiger partial charge in [0, 0.05) is 13.5 Å². The zero-order valence-corrected chi connectivity index (χ0v) is 10.1. The molecule has 0 aliphatic carbocycles. The molecule has 0 N–H and O–H groups in total. The Balaban J connectivity index is 2.65. The highest BCUT2D eigenvalue weighted by Crippen LogP contribution is 2.14. The fourth-order valence-electron chi connectivity index (χ4n) is 1.89. The van der Waals surface area contributed by atoms with E-state index in [0.29, 0.717) is 12.3 Å². The molecule has 0 bridgehead atoms. The molecule has 1 aromatic rings. The SMILES string of the molecule is CCCC(C)CC(=O)c1cc(C)nn1C. The zero-order valence-electron chi connectivity index (χ0n) is 10.1. The van der Waals surface area contributed by atoms with E-state index in [2.05, 4.69) is 18.9 Å². The molecule has 0 radical (unpaired) electrons. The molecule has 0 aromatic carbocycles. The van der Waals surface area contributed by atoms with Crippen LogP contribution in [-0.2, 0) is 7.05 Å². The first kappa shape index (κ1) is 12.0. The highest BCUT2D eigenvalue weighted by molar-refractivity contribution is 5.94. The van der Waals surface area contributed by atoms with Gasteiger partial charge in [-0.1, -0.05) is 26.7 Å². The molecule has 1 aromatic heterocycles. The van der Waals surface area contributed by atoms with Crippen LogP contribution in [-0.4, -0.2) is 15.6 Å². The molecule has 84 valence electrons. The van der Waals surface area contributed by atoms with E-state index >= 15 is 0 Å². The van der Waals surface area contributed by atoms with Crippen molar-refractivity contribution in [1.29, 1.82) is 0 Å². The van der Waals surface area contributed by atoms with Crippen molar-refractivity contribution in [2.75, 3.05) is 0 Å². The van der Waals surface area contributed by atoms with Crippen molar-refractivity contribution < 1.29 is 4.79 Å². The van der Waals surface area contributed by atoms with E-state index < -0.39 is 0 Å². The maximum atomic E-state index is 11.9. The van der Waals surface area contributed by atoms with Crippen LogP contribution < -0.4 is 0 Å². The van der Waals surface area contributed by atoms with E-state index in [0.717, 1.165) is 24.2 Å². The van der Waals surface area contributed by atoms with Gasteiger partial charge in [0.15, 0.2) is 5.78 Å². The van der Waals surface area contributed by atoms with Gasteiger partial charge in [-0.15, -0.1) is 0 Å². The van der Waals surface area contributed by atoms with Crippen molar-refractivity contribution in [2.24, 2.45) is 13.0 Å². The predicted octanol–water partition coefficient (Wildman–Crippen LogP) is 2.74. The topological polar surface area (TPSA) is 34.9 Å². The first-order valence-electron chi connectivity index (χ1n) is 5.58. The number of nitrogens with zero attached hydrogens (tertiary/aromatic N) is 2. The normalized spacial score (nSPS) is 12.8. The Morgan fingerprint density at radius 3 is 2.73 bits per heavy atom. The van der Waals surface area contributed by atoms with E-state index in [1.54, 1.807) is 4.68 Å². The monoisotopic (exact) mass is 208 g/mol. The molecule has 3 heteroatoms. The van der Waals surface area contributed by atoms with Crippen LogP contribution in [0.1, 0.15) is 49.3 Å². The lowest BCUT2D eigenvalue weighted by molar-refractivity contribution is 0.0953.